The van der Waals surface area contributed by atoms with Crippen molar-refractivity contribution >= 4 is 0 Å². The fraction of sp³-hybridized carbons (Fsp3) is 0.923. The Morgan fingerprint density at radius 1 is 1.00 bits per heavy atom. The second kappa shape index (κ2) is 9.14. The molecule has 1 aromatic heterocycles. The fourth-order valence-corrected chi connectivity index (χ4v) is 2.09. The van der Waals surface area contributed by atoms with Crippen LogP contribution in [0.2, 0.25) is 0 Å². The molecule has 0 radical (unpaired) electrons. The summed E-state index contributed by atoms with van der Waals surface area (Å²) in [6.45, 7) is 4.44. The third-order valence-corrected chi connectivity index (χ3v) is 3.29. The normalized spacial score (nSPS) is 12.8. The van der Waals surface area contributed by atoms with Gasteiger partial charge in [0.1, 0.15) is 0 Å². The van der Waals surface area contributed by atoms with E-state index < -0.39 is 0 Å². The van der Waals surface area contributed by atoms with Crippen molar-refractivity contribution in [1.29, 1.82) is 0 Å². The minimum absolute atomic E-state index is 0.439. The van der Waals surface area contributed by atoms with E-state index in [9.17, 15) is 0 Å². The van der Waals surface area contributed by atoms with Crippen LogP contribution in [0.3, 0.4) is 0 Å². The van der Waals surface area contributed by atoms with E-state index in [1.54, 1.807) is 0 Å². The molecule has 4 heteroatoms. The molecule has 1 unspecified atom stereocenters. The lowest BCUT2D eigenvalue weighted by molar-refractivity contribution is 0.534. The number of nitrogens with zero attached hydrogens (tertiary/aromatic N) is 3. The molecule has 0 bridgehead atoms. The van der Waals surface area contributed by atoms with Crippen LogP contribution in [-0.2, 0) is 0 Å². The molecule has 0 aliphatic heterocycles. The molecule has 0 aliphatic rings. The topological polar surface area (TPSA) is 54.5 Å². The number of rotatable bonds is 10. The molecule has 1 N–H and O–H groups in total. The Balaban J connectivity index is 1.90. The van der Waals surface area contributed by atoms with E-state index in [4.69, 9.17) is 0 Å². The van der Waals surface area contributed by atoms with Gasteiger partial charge in [-0.1, -0.05) is 70.4 Å². The van der Waals surface area contributed by atoms with Crippen LogP contribution in [0.25, 0.3) is 0 Å². The van der Waals surface area contributed by atoms with Gasteiger partial charge in [-0.25, -0.2) is 0 Å². The van der Waals surface area contributed by atoms with Crippen LogP contribution in [0.4, 0.5) is 0 Å². The highest BCUT2D eigenvalue weighted by Gasteiger charge is 2.09. The number of aromatic amines is 1. The smallest absolute Gasteiger partial charge is 0.177 e. The van der Waals surface area contributed by atoms with Gasteiger partial charge in [-0.05, 0) is 6.42 Å². The number of hydrogen-bond donors (Lipinski definition) is 1. The highest BCUT2D eigenvalue weighted by molar-refractivity contribution is 4.86. The summed E-state index contributed by atoms with van der Waals surface area (Å²) < 4.78 is 0. The van der Waals surface area contributed by atoms with Gasteiger partial charge in [0.2, 0.25) is 0 Å². The molecular formula is C13H26N4. The quantitative estimate of drug-likeness (QED) is 0.630. The standard InChI is InChI=1S/C13H26N4/c1-3-4-5-6-7-8-9-10-11-12(2)13-14-16-17-15-13/h12H,3-11H2,1-2H3,(H,14,15,16,17). The summed E-state index contributed by atoms with van der Waals surface area (Å²) in [4.78, 5) is 0. The van der Waals surface area contributed by atoms with E-state index in [1.807, 2.05) is 0 Å². The van der Waals surface area contributed by atoms with Gasteiger partial charge < -0.3 is 0 Å². The zero-order valence-electron chi connectivity index (χ0n) is 11.3. The van der Waals surface area contributed by atoms with Crippen LogP contribution in [0, 0.1) is 0 Å². The molecule has 0 aromatic carbocycles. The molecule has 0 amide bonds. The van der Waals surface area contributed by atoms with E-state index >= 15 is 0 Å². The summed E-state index contributed by atoms with van der Waals surface area (Å²) >= 11 is 0. The lowest BCUT2D eigenvalue weighted by atomic mass is 10.0. The Kier molecular flexibility index (Phi) is 7.60. The molecule has 0 saturated heterocycles. The largest absolute Gasteiger partial charge is 0.177 e. The van der Waals surface area contributed by atoms with E-state index in [0.717, 1.165) is 5.82 Å². The summed E-state index contributed by atoms with van der Waals surface area (Å²) in [6, 6.07) is 0. The first-order valence-electron chi connectivity index (χ1n) is 7.08. The van der Waals surface area contributed by atoms with Crippen molar-refractivity contribution in [1.82, 2.24) is 20.6 Å². The van der Waals surface area contributed by atoms with Crippen LogP contribution in [-0.4, -0.2) is 20.6 Å². The molecule has 0 fully saturated rings. The Labute approximate surface area is 105 Å². The van der Waals surface area contributed by atoms with Gasteiger partial charge in [-0.3, -0.25) is 0 Å². The van der Waals surface area contributed by atoms with Crippen molar-refractivity contribution in [2.45, 2.75) is 77.6 Å². The summed E-state index contributed by atoms with van der Waals surface area (Å²) in [6.07, 6.45) is 12.1. The number of aromatic nitrogens is 4. The SMILES string of the molecule is CCCCCCCCCCC(C)c1nn[nH]n1. The van der Waals surface area contributed by atoms with Gasteiger partial charge in [0.15, 0.2) is 5.82 Å². The Bertz CT molecular complexity index is 258. The summed E-state index contributed by atoms with van der Waals surface area (Å²) in [5, 5.41) is 14.1. The summed E-state index contributed by atoms with van der Waals surface area (Å²) in [5.74, 6) is 1.29. The van der Waals surface area contributed by atoms with Crippen LogP contribution < -0.4 is 0 Å². The maximum atomic E-state index is 4.02. The van der Waals surface area contributed by atoms with Crippen molar-refractivity contribution in [3.8, 4) is 0 Å². The van der Waals surface area contributed by atoms with Crippen LogP contribution in [0.5, 0.6) is 0 Å². The van der Waals surface area contributed by atoms with Crippen molar-refractivity contribution in [2.75, 3.05) is 0 Å². The van der Waals surface area contributed by atoms with Gasteiger partial charge in [-0.15, -0.1) is 10.2 Å². The Morgan fingerprint density at radius 2 is 1.65 bits per heavy atom. The zero-order valence-corrected chi connectivity index (χ0v) is 11.3. The maximum absolute atomic E-state index is 4.02. The average molecular weight is 238 g/mol. The van der Waals surface area contributed by atoms with Crippen molar-refractivity contribution in [3.05, 3.63) is 5.82 Å². The molecule has 1 rings (SSSR count). The van der Waals surface area contributed by atoms with Gasteiger partial charge in [0.25, 0.3) is 0 Å². The third kappa shape index (κ3) is 6.39. The molecule has 0 spiro atoms. The lowest BCUT2D eigenvalue weighted by Crippen LogP contribution is -1.96. The minimum Gasteiger partial charge on any atom is -0.177 e. The molecule has 0 aliphatic carbocycles. The first kappa shape index (κ1) is 14.1. The molecule has 17 heavy (non-hydrogen) atoms. The molecule has 0 saturated carbocycles. The van der Waals surface area contributed by atoms with Gasteiger partial charge in [0.05, 0.1) is 0 Å². The number of hydrogen-bond acceptors (Lipinski definition) is 3. The molecule has 1 aromatic rings. The van der Waals surface area contributed by atoms with Crippen LogP contribution in [0.15, 0.2) is 0 Å². The lowest BCUT2D eigenvalue weighted by Gasteiger charge is -2.06. The number of tetrazole rings is 1. The highest BCUT2D eigenvalue weighted by Crippen LogP contribution is 2.18. The molecule has 4 nitrogen and oxygen atoms in total. The molecule has 1 heterocycles. The van der Waals surface area contributed by atoms with E-state index in [1.165, 1.54) is 57.8 Å². The van der Waals surface area contributed by atoms with Crippen molar-refractivity contribution in [3.63, 3.8) is 0 Å². The molecule has 98 valence electrons. The van der Waals surface area contributed by atoms with Crippen molar-refractivity contribution in [2.24, 2.45) is 0 Å². The third-order valence-electron chi connectivity index (χ3n) is 3.29. The van der Waals surface area contributed by atoms with Crippen LogP contribution >= 0.6 is 0 Å². The highest BCUT2D eigenvalue weighted by atomic mass is 15.5. The van der Waals surface area contributed by atoms with E-state index in [-0.39, 0.29) is 0 Å². The second-order valence-electron chi connectivity index (χ2n) is 4.93. The fourth-order valence-electron chi connectivity index (χ4n) is 2.09. The minimum atomic E-state index is 0.439. The monoisotopic (exact) mass is 238 g/mol. The average Bonchev–Trinajstić information content (AvgIpc) is 2.86. The first-order chi connectivity index (χ1) is 8.34. The van der Waals surface area contributed by atoms with Gasteiger partial charge in [-0.2, -0.15) is 5.21 Å². The predicted octanol–water partition coefficient (Wildman–Crippen LogP) is 3.83. The Hall–Kier alpha value is -0.930. The zero-order chi connectivity index (χ0) is 12.3. The number of unbranched alkanes of at least 4 members (excludes halogenated alkanes) is 7. The maximum Gasteiger partial charge on any atom is 0.177 e. The molecule has 1 atom stereocenters. The van der Waals surface area contributed by atoms with Crippen molar-refractivity contribution < 1.29 is 0 Å². The predicted molar refractivity (Wildman–Crippen MR) is 69.8 cm³/mol. The van der Waals surface area contributed by atoms with Crippen LogP contribution in [0.1, 0.15) is 83.4 Å². The summed E-state index contributed by atoms with van der Waals surface area (Å²) in [5.41, 5.74) is 0. The van der Waals surface area contributed by atoms with Gasteiger partial charge >= 0.3 is 0 Å². The first-order valence-corrected chi connectivity index (χ1v) is 7.08. The molecular weight excluding hydrogens is 212 g/mol. The summed E-state index contributed by atoms with van der Waals surface area (Å²) in [7, 11) is 0. The number of nitrogens with one attached hydrogen (secondary N) is 1. The van der Waals surface area contributed by atoms with E-state index in [2.05, 4.69) is 34.5 Å². The Morgan fingerprint density at radius 3 is 2.24 bits per heavy atom. The van der Waals surface area contributed by atoms with E-state index in [0.29, 0.717) is 5.92 Å². The van der Waals surface area contributed by atoms with Gasteiger partial charge in [0, 0.05) is 5.92 Å². The second-order valence-corrected chi connectivity index (χ2v) is 4.93. The number of H-pyrrole nitrogens is 1.